The number of nitrogens with one attached hydrogen (secondary N) is 2. The SMILES string of the molecule is Cn1c(=O)n(Cc2ccc(C(=O)Nc3ccccc3N)cc2NC(=O)c2ccccc2)c2ccccc21. The van der Waals surface area contributed by atoms with Gasteiger partial charge in [-0.3, -0.25) is 18.7 Å². The molecule has 0 aliphatic rings. The molecule has 8 nitrogen and oxygen atoms in total. The van der Waals surface area contributed by atoms with Gasteiger partial charge in [-0.2, -0.15) is 0 Å². The number of aryl methyl sites for hydroxylation is 1. The number of fused-ring (bicyclic) bond motifs is 1. The summed E-state index contributed by atoms with van der Waals surface area (Å²) < 4.78 is 3.23. The van der Waals surface area contributed by atoms with Crippen LogP contribution in [-0.4, -0.2) is 20.9 Å². The summed E-state index contributed by atoms with van der Waals surface area (Å²) in [5, 5.41) is 5.74. The Morgan fingerprint density at radius 3 is 2.11 bits per heavy atom. The van der Waals surface area contributed by atoms with Gasteiger partial charge in [0.15, 0.2) is 0 Å². The maximum Gasteiger partial charge on any atom is 0.329 e. The van der Waals surface area contributed by atoms with E-state index in [0.29, 0.717) is 33.8 Å². The molecule has 0 fully saturated rings. The quantitative estimate of drug-likeness (QED) is 0.304. The topological polar surface area (TPSA) is 111 Å². The first-order valence-electron chi connectivity index (χ1n) is 11.7. The molecule has 0 spiro atoms. The third kappa shape index (κ3) is 4.72. The maximum atomic E-state index is 13.0. The molecule has 4 aromatic carbocycles. The zero-order valence-electron chi connectivity index (χ0n) is 20.1. The number of hydrogen-bond acceptors (Lipinski definition) is 4. The van der Waals surface area contributed by atoms with Crippen LogP contribution in [0, 0.1) is 0 Å². The second kappa shape index (κ2) is 9.87. The Labute approximate surface area is 213 Å². The smallest absolute Gasteiger partial charge is 0.329 e. The maximum absolute atomic E-state index is 13.0. The first-order chi connectivity index (χ1) is 17.9. The van der Waals surface area contributed by atoms with Crippen molar-refractivity contribution in [1.29, 1.82) is 0 Å². The van der Waals surface area contributed by atoms with Crippen LogP contribution >= 0.6 is 0 Å². The van der Waals surface area contributed by atoms with Crippen LogP contribution in [0.1, 0.15) is 26.3 Å². The minimum absolute atomic E-state index is 0.178. The van der Waals surface area contributed by atoms with Gasteiger partial charge in [-0.05, 0) is 54.1 Å². The van der Waals surface area contributed by atoms with Crippen molar-refractivity contribution in [1.82, 2.24) is 9.13 Å². The molecule has 184 valence electrons. The fourth-order valence-electron chi connectivity index (χ4n) is 4.25. The van der Waals surface area contributed by atoms with Crippen molar-refractivity contribution >= 4 is 39.9 Å². The molecule has 2 amide bonds. The Balaban J connectivity index is 1.53. The number of nitrogens with two attached hydrogens (primary N) is 1. The zero-order valence-corrected chi connectivity index (χ0v) is 20.1. The molecule has 1 aromatic heterocycles. The van der Waals surface area contributed by atoms with Crippen LogP contribution in [0.2, 0.25) is 0 Å². The summed E-state index contributed by atoms with van der Waals surface area (Å²) in [5.41, 5.74) is 10.2. The van der Waals surface area contributed by atoms with E-state index in [0.717, 1.165) is 11.0 Å². The number of carbonyl (C=O) groups is 2. The third-order valence-corrected chi connectivity index (χ3v) is 6.25. The van der Waals surface area contributed by atoms with Crippen LogP contribution < -0.4 is 22.1 Å². The van der Waals surface area contributed by atoms with Gasteiger partial charge in [0.05, 0.1) is 29.0 Å². The molecule has 0 aliphatic heterocycles. The second-order valence-corrected chi connectivity index (χ2v) is 8.65. The number of nitrogen functional groups attached to an aromatic ring is 1. The minimum atomic E-state index is -0.373. The number of nitrogens with zero attached hydrogens (tertiary/aromatic N) is 2. The van der Waals surface area contributed by atoms with Crippen molar-refractivity contribution in [3.05, 3.63) is 124 Å². The molecule has 37 heavy (non-hydrogen) atoms. The van der Waals surface area contributed by atoms with Crippen LogP contribution in [0.5, 0.6) is 0 Å². The number of aromatic nitrogens is 2. The van der Waals surface area contributed by atoms with E-state index in [9.17, 15) is 14.4 Å². The van der Waals surface area contributed by atoms with Gasteiger partial charge >= 0.3 is 5.69 Å². The first kappa shape index (κ1) is 23.6. The van der Waals surface area contributed by atoms with E-state index < -0.39 is 0 Å². The minimum Gasteiger partial charge on any atom is -0.397 e. The lowest BCUT2D eigenvalue weighted by Crippen LogP contribution is -2.24. The van der Waals surface area contributed by atoms with E-state index in [4.69, 9.17) is 5.73 Å². The highest BCUT2D eigenvalue weighted by Gasteiger charge is 2.17. The number of rotatable bonds is 6. The molecule has 0 saturated heterocycles. The summed E-state index contributed by atoms with van der Waals surface area (Å²) >= 11 is 0. The Morgan fingerprint density at radius 1 is 0.730 bits per heavy atom. The summed E-state index contributed by atoms with van der Waals surface area (Å²) in [6, 6.07) is 28.3. The van der Waals surface area contributed by atoms with Crippen molar-refractivity contribution in [2.45, 2.75) is 6.54 Å². The first-order valence-corrected chi connectivity index (χ1v) is 11.7. The third-order valence-electron chi connectivity index (χ3n) is 6.25. The van der Waals surface area contributed by atoms with Gasteiger partial charge in [0.25, 0.3) is 11.8 Å². The average Bonchev–Trinajstić information content (AvgIpc) is 3.16. The molecular weight excluding hydrogens is 466 g/mol. The molecule has 0 radical (unpaired) electrons. The van der Waals surface area contributed by atoms with E-state index >= 15 is 0 Å². The van der Waals surface area contributed by atoms with Crippen LogP contribution in [0.4, 0.5) is 17.1 Å². The lowest BCUT2D eigenvalue weighted by molar-refractivity contribution is 0.101. The highest BCUT2D eigenvalue weighted by molar-refractivity contribution is 6.08. The Hall–Kier alpha value is -5.11. The molecule has 0 aliphatic carbocycles. The van der Waals surface area contributed by atoms with Crippen LogP contribution in [-0.2, 0) is 13.6 Å². The van der Waals surface area contributed by atoms with E-state index in [2.05, 4.69) is 10.6 Å². The molecule has 0 atom stereocenters. The van der Waals surface area contributed by atoms with Crippen molar-refractivity contribution in [2.75, 3.05) is 16.4 Å². The molecular formula is C29H25N5O3. The lowest BCUT2D eigenvalue weighted by Gasteiger charge is -2.15. The van der Waals surface area contributed by atoms with E-state index in [1.54, 1.807) is 82.9 Å². The number of benzene rings is 4. The van der Waals surface area contributed by atoms with Crippen molar-refractivity contribution in [3.8, 4) is 0 Å². The van der Waals surface area contributed by atoms with Gasteiger partial charge in [-0.15, -0.1) is 0 Å². The molecule has 5 aromatic rings. The number of amides is 2. The van der Waals surface area contributed by atoms with E-state index in [1.165, 1.54) is 0 Å². The monoisotopic (exact) mass is 491 g/mol. The average molecular weight is 492 g/mol. The largest absolute Gasteiger partial charge is 0.397 e. The summed E-state index contributed by atoms with van der Waals surface area (Å²) in [7, 11) is 1.72. The molecule has 0 unspecified atom stereocenters. The van der Waals surface area contributed by atoms with Crippen molar-refractivity contribution in [2.24, 2.45) is 7.05 Å². The van der Waals surface area contributed by atoms with Gasteiger partial charge in [0.1, 0.15) is 0 Å². The Bertz CT molecular complexity index is 1690. The summed E-state index contributed by atoms with van der Waals surface area (Å²) in [6.07, 6.45) is 0. The van der Waals surface area contributed by atoms with Crippen LogP contribution in [0.3, 0.4) is 0 Å². The predicted molar refractivity (Wildman–Crippen MR) is 146 cm³/mol. The molecule has 5 rings (SSSR count). The molecule has 0 saturated carbocycles. The predicted octanol–water partition coefficient (Wildman–Crippen LogP) is 4.48. The molecule has 8 heteroatoms. The van der Waals surface area contributed by atoms with Crippen LogP contribution in [0.25, 0.3) is 11.0 Å². The number of para-hydroxylation sites is 4. The number of imidazole rings is 1. The van der Waals surface area contributed by atoms with Crippen molar-refractivity contribution in [3.63, 3.8) is 0 Å². The fourth-order valence-corrected chi connectivity index (χ4v) is 4.25. The Morgan fingerprint density at radius 2 is 1.35 bits per heavy atom. The van der Waals surface area contributed by atoms with Gasteiger partial charge in [-0.25, -0.2) is 4.79 Å². The molecule has 1 heterocycles. The second-order valence-electron chi connectivity index (χ2n) is 8.65. The number of anilines is 3. The van der Waals surface area contributed by atoms with Gasteiger partial charge in [0.2, 0.25) is 0 Å². The van der Waals surface area contributed by atoms with Crippen LogP contribution in [0.15, 0.2) is 102 Å². The highest BCUT2D eigenvalue weighted by atomic mass is 16.2. The van der Waals surface area contributed by atoms with E-state index in [-0.39, 0.29) is 24.0 Å². The molecule has 4 N–H and O–H groups in total. The highest BCUT2D eigenvalue weighted by Crippen LogP contribution is 2.24. The summed E-state index contributed by atoms with van der Waals surface area (Å²) in [6.45, 7) is 0.206. The van der Waals surface area contributed by atoms with Gasteiger partial charge < -0.3 is 16.4 Å². The standard InChI is InChI=1S/C29H25N5O3/c1-33-25-13-7-8-14-26(25)34(29(33)37)18-21-16-15-20(28(36)31-23-12-6-5-11-22(23)30)17-24(21)32-27(35)19-9-3-2-4-10-19/h2-17H,18,30H2,1H3,(H,31,36)(H,32,35). The number of carbonyl (C=O) groups excluding carboxylic acids is 2. The van der Waals surface area contributed by atoms with Gasteiger partial charge in [0, 0.05) is 23.9 Å². The lowest BCUT2D eigenvalue weighted by atomic mass is 10.1. The number of hydrogen-bond donors (Lipinski definition) is 3. The summed E-state index contributed by atoms with van der Waals surface area (Å²) in [4.78, 5) is 39.1. The summed E-state index contributed by atoms with van der Waals surface area (Å²) in [5.74, 6) is -0.695. The Kier molecular flexibility index (Phi) is 6.30. The van der Waals surface area contributed by atoms with Crippen molar-refractivity contribution < 1.29 is 9.59 Å². The van der Waals surface area contributed by atoms with E-state index in [1.807, 2.05) is 30.3 Å². The fraction of sp³-hybridized carbons (Fsp3) is 0.0690. The normalized spacial score (nSPS) is 10.8. The molecule has 0 bridgehead atoms. The van der Waals surface area contributed by atoms with Gasteiger partial charge in [-0.1, -0.05) is 48.5 Å². The zero-order chi connectivity index (χ0) is 25.9.